The van der Waals surface area contributed by atoms with E-state index in [4.69, 9.17) is 5.73 Å². The first-order valence-electron chi connectivity index (χ1n) is 7.28. The molecule has 0 saturated carbocycles. The zero-order valence-corrected chi connectivity index (χ0v) is 14.5. The van der Waals surface area contributed by atoms with Crippen LogP contribution in [-0.4, -0.2) is 23.9 Å². The minimum Gasteiger partial charge on any atom is -0.340 e. The van der Waals surface area contributed by atoms with Gasteiger partial charge in [-0.15, -0.1) is 12.4 Å². The lowest BCUT2D eigenvalue weighted by atomic mass is 9.86. The van der Waals surface area contributed by atoms with Crippen LogP contribution in [0.15, 0.2) is 42.5 Å². The highest BCUT2D eigenvalue weighted by Crippen LogP contribution is 2.22. The average Bonchev–Trinajstić information content (AvgIpc) is 2.45. The summed E-state index contributed by atoms with van der Waals surface area (Å²) in [6, 6.07) is 13.9. The standard InChI is InChI=1S/C18H24N2O.ClH/c1-18(2,3)16(19)17(21)20(4)12-14-10-7-9-13-8-5-6-11-15(13)14;/h5-11,16H,12,19H2,1-4H3;1H/t16-;/m1./s1. The van der Waals surface area contributed by atoms with Gasteiger partial charge in [-0.05, 0) is 21.8 Å². The number of benzene rings is 2. The van der Waals surface area contributed by atoms with Crippen LogP contribution in [-0.2, 0) is 11.3 Å². The van der Waals surface area contributed by atoms with E-state index in [0.29, 0.717) is 6.54 Å². The van der Waals surface area contributed by atoms with Crippen LogP contribution in [0.1, 0.15) is 26.3 Å². The molecule has 22 heavy (non-hydrogen) atoms. The van der Waals surface area contributed by atoms with Crippen LogP contribution in [0.4, 0.5) is 0 Å². The zero-order valence-electron chi connectivity index (χ0n) is 13.7. The molecule has 120 valence electrons. The number of nitrogens with zero attached hydrogens (tertiary/aromatic N) is 1. The van der Waals surface area contributed by atoms with Gasteiger partial charge >= 0.3 is 0 Å². The Morgan fingerprint density at radius 1 is 1.14 bits per heavy atom. The van der Waals surface area contributed by atoms with E-state index in [9.17, 15) is 4.79 Å². The molecule has 1 atom stereocenters. The van der Waals surface area contributed by atoms with Crippen LogP contribution < -0.4 is 5.73 Å². The second kappa shape index (κ2) is 7.12. The van der Waals surface area contributed by atoms with Crippen LogP contribution in [0.2, 0.25) is 0 Å². The van der Waals surface area contributed by atoms with Crippen LogP contribution in [0, 0.1) is 5.41 Å². The maximum atomic E-state index is 12.4. The fourth-order valence-electron chi connectivity index (χ4n) is 2.37. The third-order valence-corrected chi connectivity index (χ3v) is 3.86. The van der Waals surface area contributed by atoms with E-state index in [1.165, 1.54) is 10.8 Å². The van der Waals surface area contributed by atoms with Crippen molar-refractivity contribution in [2.45, 2.75) is 33.4 Å². The Kier molecular flexibility index (Phi) is 5.98. The highest BCUT2D eigenvalue weighted by molar-refractivity contribution is 5.87. The molecule has 0 saturated heterocycles. The Hall–Kier alpha value is -1.58. The van der Waals surface area contributed by atoms with Gasteiger partial charge in [0.15, 0.2) is 0 Å². The van der Waals surface area contributed by atoms with Gasteiger partial charge in [0.25, 0.3) is 0 Å². The molecule has 1 amide bonds. The molecule has 0 heterocycles. The molecule has 2 N–H and O–H groups in total. The first-order chi connectivity index (χ1) is 9.80. The topological polar surface area (TPSA) is 46.3 Å². The van der Waals surface area contributed by atoms with Gasteiger partial charge < -0.3 is 10.6 Å². The summed E-state index contributed by atoms with van der Waals surface area (Å²) in [6.45, 7) is 6.54. The summed E-state index contributed by atoms with van der Waals surface area (Å²) in [5.41, 5.74) is 6.98. The maximum Gasteiger partial charge on any atom is 0.240 e. The minimum atomic E-state index is -0.488. The van der Waals surface area contributed by atoms with Crippen LogP contribution >= 0.6 is 12.4 Å². The van der Waals surface area contributed by atoms with E-state index in [1.807, 2.05) is 46.0 Å². The molecule has 0 radical (unpaired) electrons. The second-order valence-corrected chi connectivity index (χ2v) is 6.68. The predicted molar refractivity (Wildman–Crippen MR) is 95.1 cm³/mol. The Morgan fingerprint density at radius 2 is 1.73 bits per heavy atom. The number of halogens is 1. The second-order valence-electron chi connectivity index (χ2n) is 6.68. The Morgan fingerprint density at radius 3 is 2.36 bits per heavy atom. The lowest BCUT2D eigenvalue weighted by Gasteiger charge is -2.30. The third-order valence-electron chi connectivity index (χ3n) is 3.86. The molecule has 3 nitrogen and oxygen atoms in total. The number of likely N-dealkylation sites (N-methyl/N-ethyl adjacent to an activating group) is 1. The van der Waals surface area contributed by atoms with Crippen molar-refractivity contribution in [3.63, 3.8) is 0 Å². The van der Waals surface area contributed by atoms with Gasteiger partial charge in [0.1, 0.15) is 0 Å². The predicted octanol–water partition coefficient (Wildman–Crippen LogP) is 3.59. The number of hydrogen-bond donors (Lipinski definition) is 1. The van der Waals surface area contributed by atoms with E-state index in [-0.39, 0.29) is 23.7 Å². The number of amides is 1. The highest BCUT2D eigenvalue weighted by atomic mass is 35.5. The molecule has 0 aliphatic carbocycles. The van der Waals surface area contributed by atoms with Crippen LogP contribution in [0.25, 0.3) is 10.8 Å². The van der Waals surface area contributed by atoms with Crippen molar-refractivity contribution in [1.82, 2.24) is 4.90 Å². The number of hydrogen-bond acceptors (Lipinski definition) is 2. The van der Waals surface area contributed by atoms with Gasteiger partial charge in [-0.3, -0.25) is 4.79 Å². The molecule has 0 spiro atoms. The Bertz CT molecular complexity index is 644. The van der Waals surface area contributed by atoms with Crippen molar-refractivity contribution in [3.8, 4) is 0 Å². The molecule has 2 aromatic carbocycles. The van der Waals surface area contributed by atoms with Crippen molar-refractivity contribution in [3.05, 3.63) is 48.0 Å². The monoisotopic (exact) mass is 320 g/mol. The summed E-state index contributed by atoms with van der Waals surface area (Å²) in [5, 5.41) is 2.37. The highest BCUT2D eigenvalue weighted by Gasteiger charge is 2.29. The first kappa shape index (κ1) is 18.5. The molecule has 2 rings (SSSR count). The number of carbonyl (C=O) groups excluding carboxylic acids is 1. The van der Waals surface area contributed by atoms with Gasteiger partial charge in [0, 0.05) is 13.6 Å². The van der Waals surface area contributed by atoms with Crippen molar-refractivity contribution in [2.75, 3.05) is 7.05 Å². The Labute approximate surface area is 138 Å². The van der Waals surface area contributed by atoms with E-state index in [2.05, 4.69) is 24.3 Å². The molecular weight excluding hydrogens is 296 g/mol. The lowest BCUT2D eigenvalue weighted by Crippen LogP contribution is -2.48. The van der Waals surface area contributed by atoms with E-state index >= 15 is 0 Å². The zero-order chi connectivity index (χ0) is 15.6. The van der Waals surface area contributed by atoms with Gasteiger partial charge in [0.2, 0.25) is 5.91 Å². The first-order valence-corrected chi connectivity index (χ1v) is 7.28. The van der Waals surface area contributed by atoms with Gasteiger partial charge in [-0.25, -0.2) is 0 Å². The number of rotatable bonds is 3. The quantitative estimate of drug-likeness (QED) is 0.939. The SMILES string of the molecule is CN(Cc1cccc2ccccc12)C(=O)[C@@H](N)C(C)(C)C.Cl. The molecule has 0 aromatic heterocycles. The minimum absolute atomic E-state index is 0. The van der Waals surface area contributed by atoms with Gasteiger partial charge in [0.05, 0.1) is 6.04 Å². The average molecular weight is 321 g/mol. The number of carbonyl (C=O) groups is 1. The van der Waals surface area contributed by atoms with E-state index < -0.39 is 6.04 Å². The largest absolute Gasteiger partial charge is 0.340 e. The van der Waals surface area contributed by atoms with Crippen molar-refractivity contribution in [1.29, 1.82) is 0 Å². The summed E-state index contributed by atoms with van der Waals surface area (Å²) in [7, 11) is 1.82. The van der Waals surface area contributed by atoms with E-state index in [0.717, 1.165) is 5.56 Å². The number of nitrogens with two attached hydrogens (primary N) is 1. The van der Waals surface area contributed by atoms with Crippen LogP contribution in [0.3, 0.4) is 0 Å². The fraction of sp³-hybridized carbons (Fsp3) is 0.389. The maximum absolute atomic E-state index is 12.4. The van der Waals surface area contributed by atoms with Gasteiger partial charge in [-0.1, -0.05) is 63.2 Å². The summed E-state index contributed by atoms with van der Waals surface area (Å²) < 4.78 is 0. The van der Waals surface area contributed by atoms with Crippen molar-refractivity contribution < 1.29 is 4.79 Å². The fourth-order valence-corrected chi connectivity index (χ4v) is 2.37. The molecule has 0 aliphatic rings. The molecular formula is C18H25ClN2O. The van der Waals surface area contributed by atoms with E-state index in [1.54, 1.807) is 4.90 Å². The molecule has 0 bridgehead atoms. The summed E-state index contributed by atoms with van der Waals surface area (Å²) in [5.74, 6) is -0.0181. The normalized spacial score (nSPS) is 12.6. The third kappa shape index (κ3) is 3.99. The van der Waals surface area contributed by atoms with Crippen molar-refractivity contribution >= 4 is 29.1 Å². The number of fused-ring (bicyclic) bond motifs is 1. The molecule has 0 aliphatic heterocycles. The molecule has 4 heteroatoms. The molecule has 0 unspecified atom stereocenters. The summed E-state index contributed by atoms with van der Waals surface area (Å²) >= 11 is 0. The summed E-state index contributed by atoms with van der Waals surface area (Å²) in [4.78, 5) is 14.2. The van der Waals surface area contributed by atoms with Crippen molar-refractivity contribution in [2.24, 2.45) is 11.1 Å². The molecule has 2 aromatic rings. The lowest BCUT2D eigenvalue weighted by molar-refractivity contribution is -0.134. The summed E-state index contributed by atoms with van der Waals surface area (Å²) in [6.07, 6.45) is 0. The Balaban J connectivity index is 0.00000242. The smallest absolute Gasteiger partial charge is 0.240 e. The van der Waals surface area contributed by atoms with Crippen LogP contribution in [0.5, 0.6) is 0 Å². The van der Waals surface area contributed by atoms with Gasteiger partial charge in [-0.2, -0.15) is 0 Å². The molecule has 0 fully saturated rings.